The average Bonchev–Trinajstić information content (AvgIpc) is 3.26. The standard InChI is InChI=1S/C22H22N4O2/c27-20-5-2-12-26(20)17-9-6-15(7-10-17)22(28)23-16-8-11-18-19(13-16)25-21(24-18)14-3-1-4-14/h6-11,13-14H,1-5,12H2,(H,23,28)(H,24,25). The van der Waals surface area contributed by atoms with Crippen molar-refractivity contribution >= 4 is 34.2 Å². The van der Waals surface area contributed by atoms with Crippen molar-refractivity contribution < 1.29 is 9.59 Å². The number of imidazole rings is 1. The normalized spacial score (nSPS) is 17.1. The summed E-state index contributed by atoms with van der Waals surface area (Å²) >= 11 is 0. The van der Waals surface area contributed by atoms with E-state index in [9.17, 15) is 9.59 Å². The van der Waals surface area contributed by atoms with Crippen LogP contribution in [-0.4, -0.2) is 28.3 Å². The van der Waals surface area contributed by atoms with E-state index in [1.54, 1.807) is 17.0 Å². The summed E-state index contributed by atoms with van der Waals surface area (Å²) in [6, 6.07) is 12.9. The van der Waals surface area contributed by atoms with Crippen LogP contribution in [0.2, 0.25) is 0 Å². The SMILES string of the molecule is O=C(Nc1ccc2nc(C3CCC3)[nH]c2c1)c1ccc(N2CCCC2=O)cc1. The number of anilines is 2. The van der Waals surface area contributed by atoms with Crippen molar-refractivity contribution in [3.05, 3.63) is 53.9 Å². The minimum Gasteiger partial charge on any atom is -0.342 e. The number of rotatable bonds is 4. The molecule has 1 aliphatic carbocycles. The Bertz CT molecular complexity index is 1050. The third-order valence-electron chi connectivity index (χ3n) is 5.76. The predicted molar refractivity (Wildman–Crippen MR) is 109 cm³/mol. The van der Waals surface area contributed by atoms with Crippen LogP contribution in [0.25, 0.3) is 11.0 Å². The van der Waals surface area contributed by atoms with Crippen LogP contribution >= 0.6 is 0 Å². The van der Waals surface area contributed by atoms with Crippen LogP contribution in [0.5, 0.6) is 0 Å². The summed E-state index contributed by atoms with van der Waals surface area (Å²) in [4.78, 5) is 34.3. The van der Waals surface area contributed by atoms with Gasteiger partial charge in [0.25, 0.3) is 5.91 Å². The molecule has 5 rings (SSSR count). The summed E-state index contributed by atoms with van der Waals surface area (Å²) in [6.07, 6.45) is 5.15. The van der Waals surface area contributed by atoms with Crippen molar-refractivity contribution in [3.63, 3.8) is 0 Å². The van der Waals surface area contributed by atoms with Crippen molar-refractivity contribution in [2.24, 2.45) is 0 Å². The average molecular weight is 374 g/mol. The molecule has 1 saturated carbocycles. The fourth-order valence-electron chi connectivity index (χ4n) is 3.90. The predicted octanol–water partition coefficient (Wildman–Crippen LogP) is 4.21. The molecular formula is C22H22N4O2. The second-order valence-corrected chi connectivity index (χ2v) is 7.63. The maximum Gasteiger partial charge on any atom is 0.255 e. The van der Waals surface area contributed by atoms with E-state index in [1.165, 1.54) is 19.3 Å². The van der Waals surface area contributed by atoms with Crippen molar-refractivity contribution in [3.8, 4) is 0 Å². The zero-order valence-corrected chi connectivity index (χ0v) is 15.6. The van der Waals surface area contributed by atoms with Gasteiger partial charge < -0.3 is 15.2 Å². The molecule has 3 aromatic rings. The van der Waals surface area contributed by atoms with Crippen molar-refractivity contribution in [2.75, 3.05) is 16.8 Å². The highest BCUT2D eigenvalue weighted by atomic mass is 16.2. The van der Waals surface area contributed by atoms with E-state index >= 15 is 0 Å². The quantitative estimate of drug-likeness (QED) is 0.718. The molecule has 2 amide bonds. The van der Waals surface area contributed by atoms with E-state index < -0.39 is 0 Å². The lowest BCUT2D eigenvalue weighted by Crippen LogP contribution is -2.23. The Hall–Kier alpha value is -3.15. The third-order valence-corrected chi connectivity index (χ3v) is 5.76. The molecule has 1 saturated heterocycles. The largest absolute Gasteiger partial charge is 0.342 e. The van der Waals surface area contributed by atoms with E-state index in [2.05, 4.69) is 15.3 Å². The van der Waals surface area contributed by atoms with Gasteiger partial charge in [0.05, 0.1) is 11.0 Å². The van der Waals surface area contributed by atoms with Crippen LogP contribution in [0.3, 0.4) is 0 Å². The third kappa shape index (κ3) is 3.05. The second kappa shape index (κ2) is 6.78. The molecule has 6 nitrogen and oxygen atoms in total. The van der Waals surface area contributed by atoms with E-state index in [-0.39, 0.29) is 11.8 Å². The maximum atomic E-state index is 12.6. The molecule has 1 aromatic heterocycles. The van der Waals surface area contributed by atoms with Gasteiger partial charge in [-0.1, -0.05) is 6.42 Å². The Morgan fingerprint density at radius 2 is 1.93 bits per heavy atom. The zero-order chi connectivity index (χ0) is 19.1. The molecule has 2 N–H and O–H groups in total. The molecule has 2 aliphatic rings. The van der Waals surface area contributed by atoms with Gasteiger partial charge >= 0.3 is 0 Å². The number of aromatic amines is 1. The number of nitrogens with one attached hydrogen (secondary N) is 2. The number of fused-ring (bicyclic) bond motifs is 1. The summed E-state index contributed by atoms with van der Waals surface area (Å²) in [5.41, 5.74) is 4.03. The van der Waals surface area contributed by atoms with Crippen LogP contribution in [0.15, 0.2) is 42.5 Å². The molecule has 2 fully saturated rings. The minimum absolute atomic E-state index is 0.145. The Balaban J connectivity index is 1.31. The molecule has 0 bridgehead atoms. The lowest BCUT2D eigenvalue weighted by Gasteiger charge is -2.22. The Labute approximate surface area is 163 Å². The number of hydrogen-bond donors (Lipinski definition) is 2. The van der Waals surface area contributed by atoms with E-state index in [4.69, 9.17) is 0 Å². The lowest BCUT2D eigenvalue weighted by molar-refractivity contribution is -0.117. The van der Waals surface area contributed by atoms with Crippen LogP contribution in [0.4, 0.5) is 11.4 Å². The highest BCUT2D eigenvalue weighted by Gasteiger charge is 2.23. The summed E-state index contributed by atoms with van der Waals surface area (Å²) in [6.45, 7) is 0.747. The Morgan fingerprint density at radius 1 is 1.11 bits per heavy atom. The van der Waals surface area contributed by atoms with E-state index in [0.29, 0.717) is 17.9 Å². The number of hydrogen-bond acceptors (Lipinski definition) is 3. The van der Waals surface area contributed by atoms with Crippen molar-refractivity contribution in [1.82, 2.24) is 9.97 Å². The summed E-state index contributed by atoms with van der Waals surface area (Å²) < 4.78 is 0. The maximum absolute atomic E-state index is 12.6. The molecule has 0 spiro atoms. The van der Waals surface area contributed by atoms with Gasteiger partial charge in [0.2, 0.25) is 5.91 Å². The fraction of sp³-hybridized carbons (Fsp3) is 0.318. The number of benzene rings is 2. The van der Waals surface area contributed by atoms with Crippen LogP contribution in [0, 0.1) is 0 Å². The van der Waals surface area contributed by atoms with Crippen molar-refractivity contribution in [2.45, 2.75) is 38.0 Å². The number of carbonyl (C=O) groups excluding carboxylic acids is 2. The molecule has 0 unspecified atom stereocenters. The van der Waals surface area contributed by atoms with Crippen LogP contribution in [0.1, 0.15) is 54.2 Å². The number of aromatic nitrogens is 2. The van der Waals surface area contributed by atoms with Gasteiger partial charge in [-0.3, -0.25) is 9.59 Å². The molecule has 142 valence electrons. The minimum atomic E-state index is -0.169. The van der Waals surface area contributed by atoms with Crippen LogP contribution in [-0.2, 0) is 4.79 Å². The first-order valence-electron chi connectivity index (χ1n) is 9.89. The lowest BCUT2D eigenvalue weighted by atomic mass is 9.85. The second-order valence-electron chi connectivity index (χ2n) is 7.63. The van der Waals surface area contributed by atoms with Crippen molar-refractivity contribution in [1.29, 1.82) is 0 Å². The first-order valence-corrected chi connectivity index (χ1v) is 9.89. The van der Waals surface area contributed by atoms with E-state index in [1.807, 2.05) is 30.3 Å². The molecular weight excluding hydrogens is 352 g/mol. The Morgan fingerprint density at radius 3 is 2.61 bits per heavy atom. The molecule has 0 radical (unpaired) electrons. The first kappa shape index (κ1) is 17.0. The number of carbonyl (C=O) groups is 2. The number of amides is 2. The van der Waals surface area contributed by atoms with Gasteiger partial charge in [0, 0.05) is 35.8 Å². The van der Waals surface area contributed by atoms with E-state index in [0.717, 1.165) is 41.2 Å². The first-order chi connectivity index (χ1) is 13.7. The molecule has 0 atom stereocenters. The van der Waals surface area contributed by atoms with Crippen LogP contribution < -0.4 is 10.2 Å². The summed E-state index contributed by atoms with van der Waals surface area (Å²) in [5.74, 6) is 1.58. The summed E-state index contributed by atoms with van der Waals surface area (Å²) in [7, 11) is 0. The molecule has 6 heteroatoms. The summed E-state index contributed by atoms with van der Waals surface area (Å²) in [5, 5.41) is 2.95. The van der Waals surface area contributed by atoms with Gasteiger partial charge in [-0.05, 0) is 61.7 Å². The van der Waals surface area contributed by atoms with Gasteiger partial charge in [-0.25, -0.2) is 4.98 Å². The Kier molecular flexibility index (Phi) is 4.11. The molecule has 28 heavy (non-hydrogen) atoms. The highest BCUT2D eigenvalue weighted by molar-refractivity contribution is 6.05. The number of H-pyrrole nitrogens is 1. The monoisotopic (exact) mass is 374 g/mol. The van der Waals surface area contributed by atoms with Gasteiger partial charge in [-0.2, -0.15) is 0 Å². The van der Waals surface area contributed by atoms with Gasteiger partial charge in [0.15, 0.2) is 0 Å². The number of nitrogens with zero attached hydrogens (tertiary/aromatic N) is 2. The van der Waals surface area contributed by atoms with Gasteiger partial charge in [0.1, 0.15) is 5.82 Å². The molecule has 1 aliphatic heterocycles. The highest BCUT2D eigenvalue weighted by Crippen LogP contribution is 2.35. The molecule has 2 aromatic carbocycles. The topological polar surface area (TPSA) is 78.1 Å². The molecule has 2 heterocycles. The fourth-order valence-corrected chi connectivity index (χ4v) is 3.90. The zero-order valence-electron chi connectivity index (χ0n) is 15.6. The smallest absolute Gasteiger partial charge is 0.255 e. The van der Waals surface area contributed by atoms with Gasteiger partial charge in [-0.15, -0.1) is 0 Å².